The van der Waals surface area contributed by atoms with E-state index in [9.17, 15) is 0 Å². The molecule has 1 aromatic rings. The van der Waals surface area contributed by atoms with Gasteiger partial charge in [0, 0.05) is 6.04 Å². The molecule has 6 N–H and O–H groups in total. The van der Waals surface area contributed by atoms with E-state index in [1.54, 1.807) is 0 Å². The first kappa shape index (κ1) is 14.0. The van der Waals surface area contributed by atoms with Crippen LogP contribution in [-0.2, 0) is 6.54 Å². The Morgan fingerprint density at radius 3 is 2.42 bits per heavy atom. The highest BCUT2D eigenvalue weighted by Crippen LogP contribution is 2.29. The van der Waals surface area contributed by atoms with Gasteiger partial charge < -0.3 is 17.2 Å². The molecule has 106 valence electrons. The Bertz CT molecular complexity index is 402. The predicted molar refractivity (Wildman–Crippen MR) is 74.9 cm³/mol. The van der Waals surface area contributed by atoms with Crippen molar-refractivity contribution in [2.75, 3.05) is 24.6 Å². The fraction of sp³-hybridized carbons (Fsp3) is 0.750. The van der Waals surface area contributed by atoms with E-state index in [2.05, 4.69) is 26.8 Å². The topological polar surface area (TPSA) is 120 Å². The Morgan fingerprint density at radius 2 is 1.84 bits per heavy atom. The molecular formula is C12H23N7. The Hall–Kier alpha value is -1.47. The molecule has 0 bridgehead atoms. The van der Waals surface area contributed by atoms with Crippen molar-refractivity contribution in [3.8, 4) is 0 Å². The lowest BCUT2D eigenvalue weighted by molar-refractivity contribution is 0.158. The molecule has 19 heavy (non-hydrogen) atoms. The van der Waals surface area contributed by atoms with Crippen molar-refractivity contribution in [2.45, 2.75) is 38.8 Å². The molecule has 0 radical (unpaired) electrons. The quantitative estimate of drug-likeness (QED) is 0.684. The monoisotopic (exact) mass is 265 g/mol. The molecule has 0 aliphatic heterocycles. The maximum absolute atomic E-state index is 5.85. The van der Waals surface area contributed by atoms with Crippen molar-refractivity contribution in [1.82, 2.24) is 19.9 Å². The van der Waals surface area contributed by atoms with Gasteiger partial charge >= 0.3 is 0 Å². The van der Waals surface area contributed by atoms with E-state index in [1.807, 2.05) is 0 Å². The third-order valence-electron chi connectivity index (χ3n) is 3.86. The van der Waals surface area contributed by atoms with Crippen molar-refractivity contribution in [1.29, 1.82) is 0 Å². The van der Waals surface area contributed by atoms with Crippen LogP contribution in [0, 0.1) is 5.92 Å². The van der Waals surface area contributed by atoms with E-state index in [0.717, 1.165) is 13.1 Å². The molecule has 1 aliphatic rings. The van der Waals surface area contributed by atoms with Crippen LogP contribution in [0.2, 0.25) is 0 Å². The van der Waals surface area contributed by atoms with Gasteiger partial charge in [0.05, 0.1) is 6.54 Å². The summed E-state index contributed by atoms with van der Waals surface area (Å²) in [6.45, 7) is 4.46. The fourth-order valence-corrected chi connectivity index (χ4v) is 2.95. The lowest BCUT2D eigenvalue weighted by Gasteiger charge is -2.31. The van der Waals surface area contributed by atoms with Crippen molar-refractivity contribution in [2.24, 2.45) is 11.7 Å². The second-order valence-corrected chi connectivity index (χ2v) is 5.03. The molecular weight excluding hydrogens is 242 g/mol. The van der Waals surface area contributed by atoms with Crippen LogP contribution in [0.5, 0.6) is 0 Å². The number of nitrogens with two attached hydrogens (primary N) is 3. The minimum absolute atomic E-state index is 0.181. The Morgan fingerprint density at radius 1 is 1.16 bits per heavy atom. The molecule has 0 aromatic carbocycles. The number of hydrogen-bond acceptors (Lipinski definition) is 7. The highest BCUT2D eigenvalue weighted by atomic mass is 15.2. The number of hydrogen-bond donors (Lipinski definition) is 3. The average Bonchev–Trinajstić information content (AvgIpc) is 2.82. The first-order valence-electron chi connectivity index (χ1n) is 6.84. The third-order valence-corrected chi connectivity index (χ3v) is 3.86. The van der Waals surface area contributed by atoms with Gasteiger partial charge in [-0.1, -0.05) is 13.3 Å². The van der Waals surface area contributed by atoms with Crippen LogP contribution in [0.1, 0.15) is 32.0 Å². The second-order valence-electron chi connectivity index (χ2n) is 5.03. The summed E-state index contributed by atoms with van der Waals surface area (Å²) in [5, 5.41) is 0. The molecule has 2 unspecified atom stereocenters. The average molecular weight is 265 g/mol. The normalized spacial score (nSPS) is 23.1. The van der Waals surface area contributed by atoms with Gasteiger partial charge in [-0.2, -0.15) is 15.0 Å². The molecule has 0 amide bonds. The largest absolute Gasteiger partial charge is 0.368 e. The van der Waals surface area contributed by atoms with Crippen LogP contribution in [0.15, 0.2) is 0 Å². The highest BCUT2D eigenvalue weighted by Gasteiger charge is 2.30. The molecule has 1 saturated carbocycles. The van der Waals surface area contributed by atoms with Gasteiger partial charge in [-0.25, -0.2) is 0 Å². The van der Waals surface area contributed by atoms with Crippen LogP contribution >= 0.6 is 0 Å². The van der Waals surface area contributed by atoms with E-state index < -0.39 is 0 Å². The van der Waals surface area contributed by atoms with Gasteiger partial charge in [-0.05, 0) is 31.8 Å². The van der Waals surface area contributed by atoms with Crippen LogP contribution in [0.4, 0.5) is 11.9 Å². The zero-order valence-electron chi connectivity index (χ0n) is 11.4. The summed E-state index contributed by atoms with van der Waals surface area (Å²) in [4.78, 5) is 14.4. The summed E-state index contributed by atoms with van der Waals surface area (Å²) >= 11 is 0. The maximum Gasteiger partial charge on any atom is 0.225 e. The van der Waals surface area contributed by atoms with Crippen molar-refractivity contribution in [3.63, 3.8) is 0 Å². The summed E-state index contributed by atoms with van der Waals surface area (Å²) in [6.07, 6.45) is 3.63. The van der Waals surface area contributed by atoms with Crippen LogP contribution in [0.25, 0.3) is 0 Å². The van der Waals surface area contributed by atoms with Crippen LogP contribution in [0.3, 0.4) is 0 Å². The number of aromatic nitrogens is 3. The maximum atomic E-state index is 5.85. The van der Waals surface area contributed by atoms with Crippen molar-refractivity contribution < 1.29 is 0 Å². The van der Waals surface area contributed by atoms with Gasteiger partial charge in [0.2, 0.25) is 11.9 Å². The zero-order chi connectivity index (χ0) is 13.8. The molecule has 0 saturated heterocycles. The fourth-order valence-electron chi connectivity index (χ4n) is 2.95. The van der Waals surface area contributed by atoms with Crippen LogP contribution in [-0.4, -0.2) is 39.0 Å². The van der Waals surface area contributed by atoms with Crippen molar-refractivity contribution >= 4 is 11.9 Å². The predicted octanol–water partition coefficient (Wildman–Crippen LogP) is -0.0147. The first-order chi connectivity index (χ1) is 9.13. The van der Waals surface area contributed by atoms with E-state index in [4.69, 9.17) is 17.2 Å². The van der Waals surface area contributed by atoms with E-state index in [0.29, 0.717) is 24.3 Å². The molecule has 2 rings (SSSR count). The second kappa shape index (κ2) is 6.12. The Labute approximate surface area is 113 Å². The van der Waals surface area contributed by atoms with Crippen LogP contribution < -0.4 is 17.2 Å². The molecule has 7 nitrogen and oxygen atoms in total. The third kappa shape index (κ3) is 3.30. The molecule has 7 heteroatoms. The van der Waals surface area contributed by atoms with Crippen molar-refractivity contribution in [3.05, 3.63) is 5.82 Å². The number of rotatable bonds is 5. The molecule has 0 spiro atoms. The highest BCUT2D eigenvalue weighted by molar-refractivity contribution is 5.25. The molecule has 1 fully saturated rings. The smallest absolute Gasteiger partial charge is 0.225 e. The summed E-state index contributed by atoms with van der Waals surface area (Å²) < 4.78 is 0. The van der Waals surface area contributed by atoms with Gasteiger partial charge in [-0.3, -0.25) is 4.90 Å². The minimum atomic E-state index is 0.181. The Balaban J connectivity index is 2.10. The minimum Gasteiger partial charge on any atom is -0.368 e. The number of anilines is 2. The van der Waals surface area contributed by atoms with Gasteiger partial charge in [0.25, 0.3) is 0 Å². The lowest BCUT2D eigenvalue weighted by Crippen LogP contribution is -2.40. The molecule has 1 aromatic heterocycles. The standard InChI is InChI=1S/C12H23N7/c1-2-19(9-5-3-4-8(9)6-13)7-10-16-11(14)18-12(15)17-10/h8-9H,2-7,13H2,1H3,(H4,14,15,16,17,18). The van der Waals surface area contributed by atoms with E-state index >= 15 is 0 Å². The van der Waals surface area contributed by atoms with E-state index in [1.165, 1.54) is 19.3 Å². The summed E-state index contributed by atoms with van der Waals surface area (Å²) in [5.41, 5.74) is 17.1. The SMILES string of the molecule is CCN(Cc1nc(N)nc(N)n1)C1CCCC1CN. The first-order valence-corrected chi connectivity index (χ1v) is 6.84. The molecule has 1 heterocycles. The van der Waals surface area contributed by atoms with Gasteiger partial charge in [0.1, 0.15) is 5.82 Å². The molecule has 2 atom stereocenters. The van der Waals surface area contributed by atoms with Gasteiger partial charge in [-0.15, -0.1) is 0 Å². The number of nitrogen functional groups attached to an aromatic ring is 2. The summed E-state index contributed by atoms with van der Waals surface area (Å²) in [6, 6.07) is 0.509. The lowest BCUT2D eigenvalue weighted by atomic mass is 10.0. The number of nitrogens with zero attached hydrogens (tertiary/aromatic N) is 4. The van der Waals surface area contributed by atoms with E-state index in [-0.39, 0.29) is 11.9 Å². The molecule has 1 aliphatic carbocycles. The Kier molecular flexibility index (Phi) is 4.49. The summed E-state index contributed by atoms with van der Waals surface area (Å²) in [7, 11) is 0. The van der Waals surface area contributed by atoms with Gasteiger partial charge in [0.15, 0.2) is 0 Å². The zero-order valence-corrected chi connectivity index (χ0v) is 11.4. The summed E-state index contributed by atoms with van der Waals surface area (Å²) in [5.74, 6) is 1.56.